The molecule has 1 heterocycles. The molecule has 68 valence electrons. The van der Waals surface area contributed by atoms with Crippen molar-refractivity contribution in [2.75, 3.05) is 26.4 Å². The topological polar surface area (TPSA) is 81.9 Å². The van der Waals surface area contributed by atoms with E-state index >= 15 is 0 Å². The Balaban J connectivity index is 2.05. The Kier molecular flexibility index (Phi) is 3.01. The zero-order chi connectivity index (χ0) is 8.97. The van der Waals surface area contributed by atoms with Gasteiger partial charge in [0.15, 0.2) is 0 Å². The fraction of sp³-hybridized carbons (Fsp3) is 0.667. The minimum Gasteiger partial charge on any atom is -0.368 e. The van der Waals surface area contributed by atoms with Gasteiger partial charge in [0.1, 0.15) is 13.2 Å². The van der Waals surface area contributed by atoms with Crippen molar-refractivity contribution in [3.05, 3.63) is 0 Å². The smallest absolute Gasteiger partial charge is 0.272 e. The first-order chi connectivity index (χ1) is 5.70. The highest BCUT2D eigenvalue weighted by atomic mass is 16.7. The number of nitrogens with zero attached hydrogens (tertiary/aromatic N) is 1. The number of carbonyl (C=O) groups is 2. The van der Waals surface area contributed by atoms with Crippen LogP contribution in [0.1, 0.15) is 0 Å². The minimum absolute atomic E-state index is 0.164. The molecule has 6 heteroatoms. The van der Waals surface area contributed by atoms with E-state index in [0.29, 0.717) is 13.2 Å². The molecule has 0 aromatic carbocycles. The molecule has 1 fully saturated rings. The molecule has 0 saturated carbocycles. The molecule has 0 spiro atoms. The van der Waals surface area contributed by atoms with Crippen LogP contribution in [0.25, 0.3) is 0 Å². The lowest BCUT2D eigenvalue weighted by Crippen LogP contribution is -2.45. The molecule has 0 atom stereocenters. The van der Waals surface area contributed by atoms with E-state index in [9.17, 15) is 9.59 Å². The van der Waals surface area contributed by atoms with Gasteiger partial charge in [0, 0.05) is 0 Å². The van der Waals surface area contributed by atoms with Gasteiger partial charge in [-0.1, -0.05) is 0 Å². The minimum atomic E-state index is -0.590. The van der Waals surface area contributed by atoms with Crippen molar-refractivity contribution < 1.29 is 19.2 Å². The molecule has 2 N–H and O–H groups in total. The number of nitrogens with two attached hydrogens (primary N) is 1. The van der Waals surface area contributed by atoms with Crippen molar-refractivity contribution in [2.45, 2.75) is 0 Å². The molecule has 1 aliphatic heterocycles. The first-order valence-electron chi connectivity index (χ1n) is 3.49. The fourth-order valence-electron chi connectivity index (χ4n) is 0.690. The molecule has 0 aliphatic carbocycles. The number of carbonyl (C=O) groups excluding carboxylic acids is 2. The summed E-state index contributed by atoms with van der Waals surface area (Å²) in [6, 6.07) is 0. The van der Waals surface area contributed by atoms with Gasteiger partial charge in [0.2, 0.25) is 5.91 Å². The standard InChI is InChI=1S/C6H10N2O4/c7-5(9)3-11-4-6(10)8-1-2-12-8/h1-4H2,(H2,7,9). The second-order valence-corrected chi connectivity index (χ2v) is 2.29. The van der Waals surface area contributed by atoms with Crippen LogP contribution in [0, 0.1) is 0 Å². The Labute approximate surface area is 69.2 Å². The molecule has 0 bridgehead atoms. The number of rotatable bonds is 4. The Morgan fingerprint density at radius 1 is 1.50 bits per heavy atom. The van der Waals surface area contributed by atoms with Crippen LogP contribution >= 0.6 is 0 Å². The van der Waals surface area contributed by atoms with E-state index in [2.05, 4.69) is 4.74 Å². The summed E-state index contributed by atoms with van der Waals surface area (Å²) in [5.41, 5.74) is 4.78. The fourth-order valence-corrected chi connectivity index (χ4v) is 0.690. The van der Waals surface area contributed by atoms with Crippen molar-refractivity contribution in [2.24, 2.45) is 5.73 Å². The van der Waals surface area contributed by atoms with Crippen molar-refractivity contribution in [3.8, 4) is 0 Å². The highest BCUT2D eigenvalue weighted by Gasteiger charge is 2.21. The van der Waals surface area contributed by atoms with Crippen LogP contribution in [0.15, 0.2) is 0 Å². The molecule has 1 saturated heterocycles. The van der Waals surface area contributed by atoms with Crippen LogP contribution in [0.2, 0.25) is 0 Å². The molecule has 6 nitrogen and oxygen atoms in total. The molecule has 0 aromatic rings. The molecule has 2 amide bonds. The molecular formula is C6H10N2O4. The monoisotopic (exact) mass is 174 g/mol. The van der Waals surface area contributed by atoms with Crippen LogP contribution in [0.5, 0.6) is 0 Å². The second kappa shape index (κ2) is 4.03. The molecule has 1 rings (SSSR count). The molecular weight excluding hydrogens is 164 g/mol. The maximum Gasteiger partial charge on any atom is 0.272 e. The average molecular weight is 174 g/mol. The molecule has 1 aliphatic rings. The summed E-state index contributed by atoms with van der Waals surface area (Å²) < 4.78 is 4.67. The van der Waals surface area contributed by atoms with E-state index in [1.54, 1.807) is 0 Å². The summed E-state index contributed by atoms with van der Waals surface area (Å²) in [7, 11) is 0. The van der Waals surface area contributed by atoms with E-state index in [1.807, 2.05) is 0 Å². The van der Waals surface area contributed by atoms with Gasteiger partial charge in [-0.2, -0.15) is 0 Å². The maximum atomic E-state index is 10.9. The number of hydrogen-bond acceptors (Lipinski definition) is 4. The molecule has 0 aromatic heterocycles. The Hall–Kier alpha value is -1.14. The number of primary amides is 1. The third-order valence-electron chi connectivity index (χ3n) is 1.29. The van der Waals surface area contributed by atoms with Gasteiger partial charge >= 0.3 is 0 Å². The quantitative estimate of drug-likeness (QED) is 0.548. The van der Waals surface area contributed by atoms with Crippen LogP contribution in [0.3, 0.4) is 0 Å². The first-order valence-corrected chi connectivity index (χ1v) is 3.49. The van der Waals surface area contributed by atoms with E-state index in [0.717, 1.165) is 0 Å². The summed E-state index contributed by atoms with van der Waals surface area (Å²) in [5.74, 6) is -0.880. The van der Waals surface area contributed by atoms with Crippen molar-refractivity contribution in [1.82, 2.24) is 5.06 Å². The van der Waals surface area contributed by atoms with Crippen LogP contribution < -0.4 is 5.73 Å². The largest absolute Gasteiger partial charge is 0.368 e. The van der Waals surface area contributed by atoms with Gasteiger partial charge in [-0.05, 0) is 0 Å². The number of amides is 2. The van der Waals surface area contributed by atoms with Gasteiger partial charge in [-0.25, -0.2) is 5.06 Å². The van der Waals surface area contributed by atoms with Crippen molar-refractivity contribution in [1.29, 1.82) is 0 Å². The highest BCUT2D eigenvalue weighted by Crippen LogP contribution is 2.01. The summed E-state index contributed by atoms with van der Waals surface area (Å²) in [4.78, 5) is 25.8. The van der Waals surface area contributed by atoms with Gasteiger partial charge in [-0.15, -0.1) is 0 Å². The number of ether oxygens (including phenoxy) is 1. The molecule has 12 heavy (non-hydrogen) atoms. The van der Waals surface area contributed by atoms with E-state index < -0.39 is 5.91 Å². The predicted molar refractivity (Wildman–Crippen MR) is 37.7 cm³/mol. The average Bonchev–Trinajstić information content (AvgIpc) is 1.81. The summed E-state index contributed by atoms with van der Waals surface area (Å²) in [5, 5.41) is 1.18. The Morgan fingerprint density at radius 2 is 2.17 bits per heavy atom. The summed E-state index contributed by atoms with van der Waals surface area (Å²) in [6.07, 6.45) is 0. The lowest BCUT2D eigenvalue weighted by Gasteiger charge is -2.29. The lowest BCUT2D eigenvalue weighted by atomic mass is 10.5. The van der Waals surface area contributed by atoms with Crippen LogP contribution in [0.4, 0.5) is 0 Å². The third-order valence-corrected chi connectivity index (χ3v) is 1.29. The number of hydrogen-bond donors (Lipinski definition) is 1. The highest BCUT2D eigenvalue weighted by molar-refractivity contribution is 5.78. The Morgan fingerprint density at radius 3 is 2.58 bits per heavy atom. The maximum absolute atomic E-state index is 10.9. The second-order valence-electron chi connectivity index (χ2n) is 2.29. The zero-order valence-electron chi connectivity index (χ0n) is 6.49. The van der Waals surface area contributed by atoms with E-state index in [4.69, 9.17) is 10.6 Å². The molecule has 0 radical (unpaired) electrons. The van der Waals surface area contributed by atoms with Crippen molar-refractivity contribution >= 4 is 11.8 Å². The summed E-state index contributed by atoms with van der Waals surface area (Å²) >= 11 is 0. The van der Waals surface area contributed by atoms with Crippen LogP contribution in [-0.4, -0.2) is 43.2 Å². The SMILES string of the molecule is NC(=O)COCC(=O)N1CCO1. The van der Waals surface area contributed by atoms with Gasteiger partial charge in [-0.3, -0.25) is 14.4 Å². The first kappa shape index (κ1) is 8.95. The van der Waals surface area contributed by atoms with Crippen molar-refractivity contribution in [3.63, 3.8) is 0 Å². The predicted octanol–water partition coefficient (Wildman–Crippen LogP) is -1.74. The normalized spacial score (nSPS) is 15.5. The Bertz CT molecular complexity index is 190. The van der Waals surface area contributed by atoms with Crippen LogP contribution in [-0.2, 0) is 19.2 Å². The zero-order valence-corrected chi connectivity index (χ0v) is 6.49. The molecule has 0 unspecified atom stereocenters. The van der Waals surface area contributed by atoms with Gasteiger partial charge in [0.25, 0.3) is 5.91 Å². The lowest BCUT2D eigenvalue weighted by molar-refractivity contribution is -0.242. The summed E-state index contributed by atoms with van der Waals surface area (Å²) in [6.45, 7) is 0.739. The third kappa shape index (κ3) is 2.48. The van der Waals surface area contributed by atoms with E-state index in [1.165, 1.54) is 5.06 Å². The number of hydroxylamine groups is 2. The van der Waals surface area contributed by atoms with Gasteiger partial charge in [0.05, 0.1) is 13.2 Å². The van der Waals surface area contributed by atoms with Gasteiger partial charge < -0.3 is 10.5 Å². The van der Waals surface area contributed by atoms with E-state index in [-0.39, 0.29) is 19.1 Å².